The SMILES string of the molecule is N#C/C(=C\c1ccccc1Br)S(=O)(=O)c1ccc(F)cc1. The van der Waals surface area contributed by atoms with Gasteiger partial charge in [0, 0.05) is 4.47 Å². The van der Waals surface area contributed by atoms with Crippen LogP contribution >= 0.6 is 15.9 Å². The molecule has 0 aliphatic rings. The number of allylic oxidation sites excluding steroid dienone is 1. The summed E-state index contributed by atoms with van der Waals surface area (Å²) in [5.41, 5.74) is 0.569. The lowest BCUT2D eigenvalue weighted by atomic mass is 10.2. The van der Waals surface area contributed by atoms with E-state index in [9.17, 15) is 12.8 Å². The van der Waals surface area contributed by atoms with Crippen LogP contribution in [0.15, 0.2) is 62.8 Å². The molecule has 0 aliphatic heterocycles. The van der Waals surface area contributed by atoms with Gasteiger partial charge in [-0.15, -0.1) is 0 Å². The summed E-state index contributed by atoms with van der Waals surface area (Å²) in [6, 6.07) is 13.0. The summed E-state index contributed by atoms with van der Waals surface area (Å²) in [5, 5.41) is 9.14. The van der Waals surface area contributed by atoms with Crippen LogP contribution in [-0.2, 0) is 9.84 Å². The Labute approximate surface area is 130 Å². The summed E-state index contributed by atoms with van der Waals surface area (Å²) in [4.78, 5) is -0.523. The third kappa shape index (κ3) is 3.38. The molecule has 0 bridgehead atoms. The molecule has 0 radical (unpaired) electrons. The lowest BCUT2D eigenvalue weighted by molar-refractivity contribution is 0.601. The maximum atomic E-state index is 12.9. The van der Waals surface area contributed by atoms with Crippen molar-refractivity contribution in [3.8, 4) is 6.07 Å². The first-order chi connectivity index (χ1) is 9.95. The minimum atomic E-state index is -3.97. The van der Waals surface area contributed by atoms with Gasteiger partial charge in [-0.05, 0) is 42.0 Å². The number of nitriles is 1. The maximum absolute atomic E-state index is 12.9. The molecule has 0 heterocycles. The van der Waals surface area contributed by atoms with Crippen molar-refractivity contribution >= 4 is 31.8 Å². The van der Waals surface area contributed by atoms with Crippen molar-refractivity contribution in [2.75, 3.05) is 0 Å². The highest BCUT2D eigenvalue weighted by Gasteiger charge is 2.21. The quantitative estimate of drug-likeness (QED) is 0.611. The molecule has 0 atom stereocenters. The normalized spacial score (nSPS) is 12.0. The van der Waals surface area contributed by atoms with Gasteiger partial charge in [0.2, 0.25) is 9.84 Å². The molecule has 0 unspecified atom stereocenters. The number of halogens is 2. The Balaban J connectivity index is 2.53. The van der Waals surface area contributed by atoms with E-state index in [0.717, 1.165) is 24.3 Å². The van der Waals surface area contributed by atoms with E-state index in [2.05, 4.69) is 15.9 Å². The van der Waals surface area contributed by atoms with Crippen LogP contribution < -0.4 is 0 Å². The topological polar surface area (TPSA) is 57.9 Å². The summed E-state index contributed by atoms with van der Waals surface area (Å²) in [6.07, 6.45) is 1.28. The van der Waals surface area contributed by atoms with E-state index < -0.39 is 20.6 Å². The summed E-state index contributed by atoms with van der Waals surface area (Å²) in [6.45, 7) is 0. The van der Waals surface area contributed by atoms with Gasteiger partial charge in [-0.1, -0.05) is 34.1 Å². The fraction of sp³-hybridized carbons (Fsp3) is 0. The minimum Gasteiger partial charge on any atom is -0.218 e. The molecule has 106 valence electrons. The van der Waals surface area contributed by atoms with Crippen LogP contribution in [0.1, 0.15) is 5.56 Å². The first-order valence-electron chi connectivity index (χ1n) is 5.82. The Morgan fingerprint density at radius 3 is 2.33 bits per heavy atom. The van der Waals surface area contributed by atoms with E-state index in [-0.39, 0.29) is 4.90 Å². The minimum absolute atomic E-state index is 0.122. The largest absolute Gasteiger partial charge is 0.218 e. The fourth-order valence-corrected chi connectivity index (χ4v) is 3.19. The van der Waals surface area contributed by atoms with Crippen LogP contribution in [0.25, 0.3) is 6.08 Å². The number of hydrogen-bond donors (Lipinski definition) is 0. The summed E-state index contributed by atoms with van der Waals surface area (Å²) in [7, 11) is -3.97. The van der Waals surface area contributed by atoms with E-state index in [1.54, 1.807) is 30.3 Å². The van der Waals surface area contributed by atoms with Crippen molar-refractivity contribution in [1.29, 1.82) is 5.26 Å². The monoisotopic (exact) mass is 365 g/mol. The fourth-order valence-electron chi connectivity index (χ4n) is 1.64. The average Bonchev–Trinajstić information content (AvgIpc) is 2.46. The molecule has 0 fully saturated rings. The Morgan fingerprint density at radius 1 is 1.14 bits per heavy atom. The Morgan fingerprint density at radius 2 is 1.76 bits per heavy atom. The van der Waals surface area contributed by atoms with E-state index >= 15 is 0 Å². The highest BCUT2D eigenvalue weighted by Crippen LogP contribution is 2.24. The maximum Gasteiger partial charge on any atom is 0.216 e. The molecule has 2 rings (SSSR count). The van der Waals surface area contributed by atoms with Crippen LogP contribution in [0, 0.1) is 17.1 Å². The molecule has 21 heavy (non-hydrogen) atoms. The zero-order chi connectivity index (χ0) is 15.5. The molecule has 2 aromatic carbocycles. The predicted molar refractivity (Wildman–Crippen MR) is 81.3 cm³/mol. The molecule has 3 nitrogen and oxygen atoms in total. The molecule has 0 aromatic heterocycles. The third-order valence-corrected chi connectivity index (χ3v) is 5.12. The van der Waals surface area contributed by atoms with Crippen molar-refractivity contribution in [3.63, 3.8) is 0 Å². The van der Waals surface area contributed by atoms with Gasteiger partial charge in [-0.25, -0.2) is 12.8 Å². The molecule has 0 saturated heterocycles. The van der Waals surface area contributed by atoms with Crippen molar-refractivity contribution in [1.82, 2.24) is 0 Å². The number of benzene rings is 2. The summed E-state index contributed by atoms with van der Waals surface area (Å²) in [5.74, 6) is -0.540. The number of rotatable bonds is 3. The van der Waals surface area contributed by atoms with Crippen LogP contribution in [0.2, 0.25) is 0 Å². The van der Waals surface area contributed by atoms with E-state index in [1.807, 2.05) is 0 Å². The predicted octanol–water partition coefficient (Wildman–Crippen LogP) is 3.93. The number of sulfone groups is 1. The standard InChI is InChI=1S/C15H9BrFNO2S/c16-15-4-2-1-3-11(15)9-14(10-18)21(19,20)13-7-5-12(17)6-8-13/h1-9H/b14-9+. The second-order valence-corrected chi connectivity index (χ2v) is 6.87. The highest BCUT2D eigenvalue weighted by atomic mass is 79.9. The van der Waals surface area contributed by atoms with Gasteiger partial charge >= 0.3 is 0 Å². The second-order valence-electron chi connectivity index (χ2n) is 4.10. The molecule has 0 N–H and O–H groups in total. The van der Waals surface area contributed by atoms with Gasteiger partial charge in [-0.2, -0.15) is 5.26 Å². The molecular formula is C15H9BrFNO2S. The van der Waals surface area contributed by atoms with Gasteiger partial charge in [0.25, 0.3) is 0 Å². The van der Waals surface area contributed by atoms with Crippen LogP contribution in [0.5, 0.6) is 0 Å². The first-order valence-corrected chi connectivity index (χ1v) is 8.10. The van der Waals surface area contributed by atoms with Crippen LogP contribution in [0.4, 0.5) is 4.39 Å². The van der Waals surface area contributed by atoms with Crippen LogP contribution in [0.3, 0.4) is 0 Å². The molecule has 0 aliphatic carbocycles. The average molecular weight is 366 g/mol. The molecule has 0 saturated carbocycles. The number of hydrogen-bond acceptors (Lipinski definition) is 3. The second kappa shape index (κ2) is 6.20. The third-order valence-electron chi connectivity index (χ3n) is 2.72. The zero-order valence-electron chi connectivity index (χ0n) is 10.6. The van der Waals surface area contributed by atoms with Crippen LogP contribution in [-0.4, -0.2) is 8.42 Å². The van der Waals surface area contributed by atoms with E-state index in [0.29, 0.717) is 10.0 Å². The van der Waals surface area contributed by atoms with E-state index in [4.69, 9.17) is 5.26 Å². The molecule has 0 spiro atoms. The van der Waals surface area contributed by atoms with Gasteiger partial charge in [0.15, 0.2) is 0 Å². The Hall–Kier alpha value is -1.97. The van der Waals surface area contributed by atoms with Gasteiger partial charge < -0.3 is 0 Å². The Bertz CT molecular complexity index is 837. The lowest BCUT2D eigenvalue weighted by Crippen LogP contribution is -2.03. The highest BCUT2D eigenvalue weighted by molar-refractivity contribution is 9.10. The van der Waals surface area contributed by atoms with Crippen molar-refractivity contribution in [2.45, 2.75) is 4.90 Å². The number of nitrogens with zero attached hydrogens (tertiary/aromatic N) is 1. The molecular weight excluding hydrogens is 357 g/mol. The first kappa shape index (κ1) is 15.4. The zero-order valence-corrected chi connectivity index (χ0v) is 13.0. The molecule has 6 heteroatoms. The molecule has 2 aromatic rings. The smallest absolute Gasteiger partial charge is 0.216 e. The van der Waals surface area contributed by atoms with Gasteiger partial charge in [0.05, 0.1) is 4.90 Å². The summed E-state index contributed by atoms with van der Waals surface area (Å²) < 4.78 is 38.3. The van der Waals surface area contributed by atoms with Crippen molar-refractivity contribution < 1.29 is 12.8 Å². The Kier molecular flexibility index (Phi) is 4.56. The summed E-state index contributed by atoms with van der Waals surface area (Å²) >= 11 is 3.29. The lowest BCUT2D eigenvalue weighted by Gasteiger charge is -2.04. The molecule has 0 amide bonds. The van der Waals surface area contributed by atoms with Gasteiger partial charge in [0.1, 0.15) is 16.8 Å². The van der Waals surface area contributed by atoms with E-state index in [1.165, 1.54) is 6.08 Å². The van der Waals surface area contributed by atoms with Gasteiger partial charge in [-0.3, -0.25) is 0 Å². The van der Waals surface area contributed by atoms with Crippen molar-refractivity contribution in [2.24, 2.45) is 0 Å². The van der Waals surface area contributed by atoms with Crippen molar-refractivity contribution in [3.05, 3.63) is 69.3 Å².